The normalized spacial score (nSPS) is 18.2. The Morgan fingerprint density at radius 2 is 1.64 bits per heavy atom. The van der Waals surface area contributed by atoms with E-state index in [-0.39, 0.29) is 29.5 Å². The van der Waals surface area contributed by atoms with Gasteiger partial charge >= 0.3 is 6.09 Å². The maximum Gasteiger partial charge on any atom is 0.410 e. The highest BCUT2D eigenvalue weighted by Crippen LogP contribution is 2.33. The number of nitrogens with zero attached hydrogens (tertiary/aromatic N) is 3. The van der Waals surface area contributed by atoms with Crippen molar-refractivity contribution < 1.29 is 22.7 Å². The molecule has 3 heterocycles. The fourth-order valence-corrected chi connectivity index (χ4v) is 7.27. The summed E-state index contributed by atoms with van der Waals surface area (Å²) in [5.74, 6) is 0.955. The summed E-state index contributed by atoms with van der Waals surface area (Å²) in [5, 5.41) is 2.98. The number of rotatable bonds is 7. The van der Waals surface area contributed by atoms with Gasteiger partial charge in [-0.2, -0.15) is 0 Å². The summed E-state index contributed by atoms with van der Waals surface area (Å²) in [6, 6.07) is 23.1. The van der Waals surface area contributed by atoms with Gasteiger partial charge in [0.1, 0.15) is 11.4 Å². The molecule has 47 heavy (non-hydrogen) atoms. The Morgan fingerprint density at radius 3 is 2.34 bits per heavy atom. The SMILES string of the molecule is CC(C)(C)OC(=O)N1CCC[C@H]1c1ncc(-c2ccc(-c3cccc(C(=O)Nc4ccc(CN5CCS(=O)(=O)CC5)cc4)c3)cc2)[nH]1. The molecule has 246 valence electrons. The Hall–Kier alpha value is -4.48. The number of hydrogen-bond donors (Lipinski definition) is 2. The monoisotopic (exact) mass is 655 g/mol. The molecule has 2 amide bonds. The van der Waals surface area contributed by atoms with Crippen molar-refractivity contribution in [1.29, 1.82) is 0 Å². The first-order valence-electron chi connectivity index (χ1n) is 16.0. The Balaban J connectivity index is 1.07. The molecule has 10 nitrogen and oxygen atoms in total. The first kappa shape index (κ1) is 32.5. The predicted molar refractivity (Wildman–Crippen MR) is 183 cm³/mol. The smallest absolute Gasteiger partial charge is 0.410 e. The molecule has 0 aliphatic carbocycles. The van der Waals surface area contributed by atoms with Crippen LogP contribution in [-0.2, 0) is 21.1 Å². The lowest BCUT2D eigenvalue weighted by molar-refractivity contribution is 0.0218. The van der Waals surface area contributed by atoms with E-state index in [1.165, 1.54) is 0 Å². The van der Waals surface area contributed by atoms with E-state index in [2.05, 4.69) is 20.2 Å². The third kappa shape index (κ3) is 8.09. The third-order valence-corrected chi connectivity index (χ3v) is 10.1. The van der Waals surface area contributed by atoms with Crippen LogP contribution in [-0.4, -0.2) is 76.9 Å². The number of aromatic nitrogens is 2. The molecule has 0 unspecified atom stereocenters. The molecular formula is C36H41N5O5S. The van der Waals surface area contributed by atoms with Crippen LogP contribution in [0.15, 0.2) is 79.0 Å². The number of benzene rings is 3. The molecule has 0 spiro atoms. The lowest BCUT2D eigenvalue weighted by Crippen LogP contribution is -2.39. The number of anilines is 1. The van der Waals surface area contributed by atoms with Gasteiger partial charge in [-0.05, 0) is 80.1 Å². The van der Waals surface area contributed by atoms with Crippen LogP contribution >= 0.6 is 0 Å². The third-order valence-electron chi connectivity index (χ3n) is 8.50. The van der Waals surface area contributed by atoms with Gasteiger partial charge in [-0.1, -0.05) is 48.5 Å². The van der Waals surface area contributed by atoms with E-state index in [1.807, 2.05) is 87.5 Å². The molecule has 4 aromatic rings. The Bertz CT molecular complexity index is 1830. The van der Waals surface area contributed by atoms with Crippen LogP contribution < -0.4 is 5.32 Å². The Kier molecular flexibility index (Phi) is 9.20. The minimum atomic E-state index is -2.90. The summed E-state index contributed by atoms with van der Waals surface area (Å²) in [4.78, 5) is 37.8. The summed E-state index contributed by atoms with van der Waals surface area (Å²) >= 11 is 0. The quantitative estimate of drug-likeness (QED) is 0.240. The average Bonchev–Trinajstić information content (AvgIpc) is 3.73. The Labute approximate surface area is 276 Å². The van der Waals surface area contributed by atoms with E-state index >= 15 is 0 Å². The van der Waals surface area contributed by atoms with Gasteiger partial charge in [0, 0.05) is 37.4 Å². The number of sulfone groups is 1. The summed E-state index contributed by atoms with van der Waals surface area (Å²) in [6.45, 7) is 8.01. The lowest BCUT2D eigenvalue weighted by Gasteiger charge is -2.27. The zero-order chi connectivity index (χ0) is 33.2. The van der Waals surface area contributed by atoms with Crippen LogP contribution in [0.3, 0.4) is 0 Å². The minimum absolute atomic E-state index is 0.146. The molecule has 2 N–H and O–H groups in total. The molecule has 2 saturated heterocycles. The van der Waals surface area contributed by atoms with E-state index in [0.717, 1.165) is 46.6 Å². The standard InChI is InChI=1S/C36H41N5O5S/c1-36(2,3)46-35(43)41-17-5-8-32(41)33-37-23-31(39-33)27-13-11-26(12-14-27)28-6-4-7-29(22-28)34(42)38-30-15-9-25(10-16-30)24-40-18-20-47(44,45)21-19-40/h4,6-7,9-16,22-23,32H,5,8,17-21,24H2,1-3H3,(H,37,39)(H,38,42)/t32-/m0/s1. The molecule has 0 radical (unpaired) electrons. The number of imidazole rings is 1. The van der Waals surface area contributed by atoms with Crippen molar-refractivity contribution in [2.45, 2.75) is 51.8 Å². The van der Waals surface area contributed by atoms with E-state index < -0.39 is 15.4 Å². The van der Waals surface area contributed by atoms with E-state index in [1.54, 1.807) is 17.2 Å². The minimum Gasteiger partial charge on any atom is -0.444 e. The number of H-pyrrole nitrogens is 1. The number of nitrogens with one attached hydrogen (secondary N) is 2. The summed E-state index contributed by atoms with van der Waals surface area (Å²) < 4.78 is 29.0. The molecule has 2 fully saturated rings. The van der Waals surface area contributed by atoms with Crippen LogP contribution in [0.2, 0.25) is 0 Å². The van der Waals surface area contributed by atoms with E-state index in [9.17, 15) is 18.0 Å². The highest BCUT2D eigenvalue weighted by atomic mass is 32.2. The fourth-order valence-electron chi connectivity index (χ4n) is 5.99. The Morgan fingerprint density at radius 1 is 0.936 bits per heavy atom. The molecule has 1 aromatic heterocycles. The lowest BCUT2D eigenvalue weighted by atomic mass is 10.0. The molecule has 2 aliphatic rings. The van der Waals surface area contributed by atoms with Crippen molar-refractivity contribution >= 4 is 27.5 Å². The van der Waals surface area contributed by atoms with Crippen LogP contribution in [0.5, 0.6) is 0 Å². The van der Waals surface area contributed by atoms with Crippen LogP contribution in [0.4, 0.5) is 10.5 Å². The van der Waals surface area contributed by atoms with Crippen LogP contribution in [0.25, 0.3) is 22.4 Å². The topological polar surface area (TPSA) is 125 Å². The fraction of sp³-hybridized carbons (Fsp3) is 0.361. The summed E-state index contributed by atoms with van der Waals surface area (Å²) in [5.41, 5.74) is 5.50. The average molecular weight is 656 g/mol. The second kappa shape index (κ2) is 13.3. The maximum atomic E-state index is 13.1. The van der Waals surface area contributed by atoms with Crippen molar-refractivity contribution in [2.75, 3.05) is 36.5 Å². The van der Waals surface area contributed by atoms with Gasteiger partial charge in [-0.25, -0.2) is 18.2 Å². The van der Waals surface area contributed by atoms with Crippen molar-refractivity contribution in [2.24, 2.45) is 0 Å². The second-order valence-corrected chi connectivity index (χ2v) is 15.6. The highest BCUT2D eigenvalue weighted by molar-refractivity contribution is 7.91. The van der Waals surface area contributed by atoms with Crippen molar-refractivity contribution in [1.82, 2.24) is 19.8 Å². The molecule has 11 heteroatoms. The van der Waals surface area contributed by atoms with Gasteiger partial charge < -0.3 is 15.0 Å². The molecule has 0 bridgehead atoms. The number of hydrogen-bond acceptors (Lipinski definition) is 7. The zero-order valence-corrected chi connectivity index (χ0v) is 27.8. The van der Waals surface area contributed by atoms with Gasteiger partial charge in [-0.15, -0.1) is 0 Å². The molecule has 6 rings (SSSR count). The van der Waals surface area contributed by atoms with E-state index in [0.29, 0.717) is 37.4 Å². The number of ether oxygens (including phenoxy) is 1. The van der Waals surface area contributed by atoms with Crippen LogP contribution in [0, 0.1) is 0 Å². The van der Waals surface area contributed by atoms with Crippen molar-refractivity contribution in [3.8, 4) is 22.4 Å². The number of carbonyl (C=O) groups excluding carboxylic acids is 2. The first-order valence-corrected chi connectivity index (χ1v) is 17.8. The predicted octanol–water partition coefficient (Wildman–Crippen LogP) is 6.30. The zero-order valence-electron chi connectivity index (χ0n) is 27.0. The number of aromatic amines is 1. The summed E-state index contributed by atoms with van der Waals surface area (Å²) in [6.07, 6.45) is 3.21. The van der Waals surface area contributed by atoms with Gasteiger partial charge in [0.05, 0.1) is 29.4 Å². The number of likely N-dealkylation sites (tertiary alicyclic amines) is 1. The second-order valence-electron chi connectivity index (χ2n) is 13.3. The first-order chi connectivity index (χ1) is 22.4. The molecule has 2 aliphatic heterocycles. The van der Waals surface area contributed by atoms with Crippen molar-refractivity contribution in [3.63, 3.8) is 0 Å². The summed E-state index contributed by atoms with van der Waals surface area (Å²) in [7, 11) is -2.90. The maximum absolute atomic E-state index is 13.1. The largest absolute Gasteiger partial charge is 0.444 e. The molecule has 0 saturated carbocycles. The van der Waals surface area contributed by atoms with Gasteiger partial charge in [-0.3, -0.25) is 14.6 Å². The molecule has 3 aromatic carbocycles. The van der Waals surface area contributed by atoms with Crippen LogP contribution in [0.1, 0.15) is 61.4 Å². The van der Waals surface area contributed by atoms with Gasteiger partial charge in [0.15, 0.2) is 9.84 Å². The van der Waals surface area contributed by atoms with E-state index in [4.69, 9.17) is 4.74 Å². The van der Waals surface area contributed by atoms with Gasteiger partial charge in [0.25, 0.3) is 5.91 Å². The highest BCUT2D eigenvalue weighted by Gasteiger charge is 2.35. The number of amides is 2. The number of carbonyl (C=O) groups is 2. The van der Waals surface area contributed by atoms with Crippen molar-refractivity contribution in [3.05, 3.63) is 95.9 Å². The molecular weight excluding hydrogens is 614 g/mol. The molecule has 1 atom stereocenters. The van der Waals surface area contributed by atoms with Gasteiger partial charge in [0.2, 0.25) is 0 Å².